The Morgan fingerprint density at radius 1 is 0.958 bits per heavy atom. The first-order valence-electron chi connectivity index (χ1n) is 7.71. The van der Waals surface area contributed by atoms with Crippen LogP contribution in [-0.2, 0) is 24.4 Å². The van der Waals surface area contributed by atoms with Gasteiger partial charge >= 0.3 is 6.03 Å². The number of carbonyl (C=O) groups is 1. The number of carbonyl (C=O) groups excluding carboxylic acids is 1. The van der Waals surface area contributed by atoms with Crippen LogP contribution >= 0.6 is 0 Å². The van der Waals surface area contributed by atoms with Crippen molar-refractivity contribution in [3.05, 3.63) is 59.2 Å². The van der Waals surface area contributed by atoms with Crippen molar-refractivity contribution in [3.63, 3.8) is 0 Å². The molecule has 0 saturated heterocycles. The molecule has 0 radical (unpaired) electrons. The van der Waals surface area contributed by atoms with Crippen LogP contribution in [0.1, 0.15) is 16.7 Å². The molecule has 126 valence electrons. The fourth-order valence-corrected chi connectivity index (χ4v) is 2.40. The number of urea groups is 1. The van der Waals surface area contributed by atoms with E-state index in [4.69, 9.17) is 14.2 Å². The van der Waals surface area contributed by atoms with Crippen molar-refractivity contribution >= 4 is 6.03 Å². The van der Waals surface area contributed by atoms with Gasteiger partial charge in [0.25, 0.3) is 0 Å². The van der Waals surface area contributed by atoms with Crippen LogP contribution in [-0.4, -0.2) is 19.9 Å². The fraction of sp³-hybridized carbons (Fsp3) is 0.278. The number of benzene rings is 2. The van der Waals surface area contributed by atoms with Crippen molar-refractivity contribution in [1.29, 1.82) is 0 Å². The highest BCUT2D eigenvalue weighted by Crippen LogP contribution is 2.32. The molecule has 0 saturated carbocycles. The van der Waals surface area contributed by atoms with Crippen LogP contribution in [0.3, 0.4) is 0 Å². The van der Waals surface area contributed by atoms with E-state index in [0.717, 1.165) is 22.4 Å². The van der Waals surface area contributed by atoms with Crippen molar-refractivity contribution in [2.45, 2.75) is 19.7 Å². The van der Waals surface area contributed by atoms with E-state index in [0.29, 0.717) is 25.4 Å². The summed E-state index contributed by atoms with van der Waals surface area (Å²) in [5.41, 5.74) is 3.10. The van der Waals surface area contributed by atoms with E-state index in [-0.39, 0.29) is 12.8 Å². The maximum atomic E-state index is 11.9. The summed E-state index contributed by atoms with van der Waals surface area (Å²) in [6, 6.07) is 13.3. The molecule has 2 N–H and O–H groups in total. The first kappa shape index (κ1) is 16.1. The van der Waals surface area contributed by atoms with Gasteiger partial charge in [-0.25, -0.2) is 4.79 Å². The smallest absolute Gasteiger partial charge is 0.315 e. The Morgan fingerprint density at radius 2 is 1.58 bits per heavy atom. The molecule has 0 atom stereocenters. The monoisotopic (exact) mass is 328 g/mol. The van der Waals surface area contributed by atoms with Crippen LogP contribution in [0, 0.1) is 0 Å². The second-order valence-corrected chi connectivity index (χ2v) is 5.47. The Morgan fingerprint density at radius 3 is 2.33 bits per heavy atom. The van der Waals surface area contributed by atoms with Gasteiger partial charge in [-0.1, -0.05) is 30.3 Å². The van der Waals surface area contributed by atoms with Crippen molar-refractivity contribution in [1.82, 2.24) is 10.6 Å². The third-order valence-corrected chi connectivity index (χ3v) is 3.68. The van der Waals surface area contributed by atoms with Crippen LogP contribution in [0.4, 0.5) is 4.79 Å². The van der Waals surface area contributed by atoms with Gasteiger partial charge in [0.05, 0.1) is 6.61 Å². The first-order chi connectivity index (χ1) is 11.7. The minimum Gasteiger partial charge on any atom is -0.454 e. The van der Waals surface area contributed by atoms with Gasteiger partial charge < -0.3 is 24.8 Å². The SMILES string of the molecule is COCc1ccc(CNC(=O)NCc2ccc3c(c2)OCO3)cc1. The van der Waals surface area contributed by atoms with Crippen molar-refractivity contribution < 1.29 is 19.0 Å². The minimum absolute atomic E-state index is 0.214. The molecule has 0 aliphatic carbocycles. The van der Waals surface area contributed by atoms with Gasteiger partial charge in [0, 0.05) is 20.2 Å². The lowest BCUT2D eigenvalue weighted by atomic mass is 10.1. The van der Waals surface area contributed by atoms with Crippen LogP contribution < -0.4 is 20.1 Å². The zero-order valence-corrected chi connectivity index (χ0v) is 13.5. The van der Waals surface area contributed by atoms with Gasteiger partial charge in [0.15, 0.2) is 11.5 Å². The van der Waals surface area contributed by atoms with Gasteiger partial charge in [0.2, 0.25) is 6.79 Å². The summed E-state index contributed by atoms with van der Waals surface area (Å²) in [5, 5.41) is 5.66. The predicted octanol–water partition coefficient (Wildman–Crippen LogP) is 2.56. The van der Waals surface area contributed by atoms with Gasteiger partial charge in [-0.05, 0) is 28.8 Å². The molecular weight excluding hydrogens is 308 g/mol. The first-order valence-corrected chi connectivity index (χ1v) is 7.71. The van der Waals surface area contributed by atoms with E-state index in [1.54, 1.807) is 7.11 Å². The van der Waals surface area contributed by atoms with E-state index in [1.165, 1.54) is 0 Å². The topological polar surface area (TPSA) is 68.8 Å². The highest BCUT2D eigenvalue weighted by Gasteiger charge is 2.13. The highest BCUT2D eigenvalue weighted by atomic mass is 16.7. The Bertz CT molecular complexity index is 701. The summed E-state index contributed by atoms with van der Waals surface area (Å²) in [5.74, 6) is 1.45. The zero-order chi connectivity index (χ0) is 16.8. The molecule has 3 rings (SSSR count). The minimum atomic E-state index is -0.214. The molecule has 6 nitrogen and oxygen atoms in total. The molecule has 1 aliphatic heterocycles. The Hall–Kier alpha value is -2.73. The molecule has 6 heteroatoms. The summed E-state index contributed by atoms with van der Waals surface area (Å²) < 4.78 is 15.7. The lowest BCUT2D eigenvalue weighted by Crippen LogP contribution is -2.34. The van der Waals surface area contributed by atoms with E-state index >= 15 is 0 Å². The van der Waals surface area contributed by atoms with Crippen LogP contribution in [0.5, 0.6) is 11.5 Å². The average Bonchev–Trinajstić information content (AvgIpc) is 3.07. The molecule has 2 aromatic rings. The maximum Gasteiger partial charge on any atom is 0.315 e. The van der Waals surface area contributed by atoms with Crippen LogP contribution in [0.25, 0.3) is 0 Å². The number of nitrogens with one attached hydrogen (secondary N) is 2. The number of methoxy groups -OCH3 is 1. The maximum absolute atomic E-state index is 11.9. The van der Waals surface area contributed by atoms with Crippen molar-refractivity contribution in [2.75, 3.05) is 13.9 Å². The average molecular weight is 328 g/mol. The van der Waals surface area contributed by atoms with Gasteiger partial charge in [-0.3, -0.25) is 0 Å². The van der Waals surface area contributed by atoms with E-state index < -0.39 is 0 Å². The summed E-state index contributed by atoms with van der Waals surface area (Å²) in [6.45, 7) is 1.73. The van der Waals surface area contributed by atoms with Gasteiger partial charge in [0.1, 0.15) is 0 Å². The van der Waals surface area contributed by atoms with E-state index in [1.807, 2.05) is 42.5 Å². The predicted molar refractivity (Wildman–Crippen MR) is 88.8 cm³/mol. The number of ether oxygens (including phenoxy) is 3. The summed E-state index contributed by atoms with van der Waals surface area (Å²) in [6.07, 6.45) is 0. The second-order valence-electron chi connectivity index (χ2n) is 5.47. The molecule has 0 bridgehead atoms. The van der Waals surface area contributed by atoms with Crippen molar-refractivity contribution in [3.8, 4) is 11.5 Å². The number of hydrogen-bond donors (Lipinski definition) is 2. The Balaban J connectivity index is 1.44. The highest BCUT2D eigenvalue weighted by molar-refractivity contribution is 5.73. The molecule has 24 heavy (non-hydrogen) atoms. The quantitative estimate of drug-likeness (QED) is 0.855. The summed E-state index contributed by atoms with van der Waals surface area (Å²) in [7, 11) is 1.67. The lowest BCUT2D eigenvalue weighted by Gasteiger charge is -2.09. The van der Waals surface area contributed by atoms with Gasteiger partial charge in [-0.15, -0.1) is 0 Å². The Kier molecular flexibility index (Phi) is 5.18. The molecule has 0 unspecified atom stereocenters. The fourth-order valence-electron chi connectivity index (χ4n) is 2.40. The number of hydrogen-bond acceptors (Lipinski definition) is 4. The second kappa shape index (κ2) is 7.70. The molecule has 0 aromatic heterocycles. The molecule has 1 heterocycles. The molecule has 2 aromatic carbocycles. The lowest BCUT2D eigenvalue weighted by molar-refractivity contribution is 0.174. The summed E-state index contributed by atoms with van der Waals surface area (Å²) >= 11 is 0. The third-order valence-electron chi connectivity index (χ3n) is 3.68. The molecule has 2 amide bonds. The van der Waals surface area contributed by atoms with Gasteiger partial charge in [-0.2, -0.15) is 0 Å². The number of rotatable bonds is 6. The third kappa shape index (κ3) is 4.17. The summed E-state index contributed by atoms with van der Waals surface area (Å²) in [4.78, 5) is 11.9. The molecule has 0 spiro atoms. The van der Waals surface area contributed by atoms with E-state index in [2.05, 4.69) is 10.6 Å². The van der Waals surface area contributed by atoms with E-state index in [9.17, 15) is 4.79 Å². The van der Waals surface area contributed by atoms with Crippen molar-refractivity contribution in [2.24, 2.45) is 0 Å². The largest absolute Gasteiger partial charge is 0.454 e. The number of fused-ring (bicyclic) bond motifs is 1. The van der Waals surface area contributed by atoms with Crippen LogP contribution in [0.2, 0.25) is 0 Å². The molecule has 0 fully saturated rings. The normalized spacial score (nSPS) is 12.0. The molecular formula is C18H20N2O4. The van der Waals surface area contributed by atoms with Crippen LogP contribution in [0.15, 0.2) is 42.5 Å². The zero-order valence-electron chi connectivity index (χ0n) is 13.5. The standard InChI is InChI=1S/C18H20N2O4/c1-22-11-14-4-2-13(3-5-14)9-19-18(21)20-10-15-6-7-16-17(8-15)24-12-23-16/h2-8H,9-12H2,1H3,(H2,19,20,21). The molecule has 1 aliphatic rings. The Labute approximate surface area is 140 Å². The number of amides is 2.